The molecule has 1 aliphatic heterocycles. The Hall–Kier alpha value is -0.970. The zero-order valence-electron chi connectivity index (χ0n) is 14.6. The van der Waals surface area contributed by atoms with E-state index in [9.17, 15) is 0 Å². The van der Waals surface area contributed by atoms with Crippen molar-refractivity contribution in [2.75, 3.05) is 32.8 Å². The lowest BCUT2D eigenvalue weighted by Gasteiger charge is -2.41. The highest BCUT2D eigenvalue weighted by atomic mass is 16.5. The summed E-state index contributed by atoms with van der Waals surface area (Å²) in [6, 6.07) is 4.73. The third-order valence-corrected chi connectivity index (χ3v) is 4.27. The maximum absolute atomic E-state index is 5.82. The van der Waals surface area contributed by atoms with Crippen LogP contribution in [0.4, 0.5) is 0 Å². The first-order chi connectivity index (χ1) is 10.5. The van der Waals surface area contributed by atoms with Gasteiger partial charge in [0.2, 0.25) is 0 Å². The van der Waals surface area contributed by atoms with Gasteiger partial charge in [-0.2, -0.15) is 0 Å². The maximum Gasteiger partial charge on any atom is 0.0753 e. The van der Waals surface area contributed by atoms with Crippen LogP contribution in [0, 0.1) is 0 Å². The molecule has 1 atom stereocenters. The van der Waals surface area contributed by atoms with Crippen LogP contribution in [0.1, 0.15) is 39.7 Å². The third kappa shape index (κ3) is 5.34. The van der Waals surface area contributed by atoms with Gasteiger partial charge in [-0.25, -0.2) is 0 Å². The van der Waals surface area contributed by atoms with Gasteiger partial charge in [-0.15, -0.1) is 0 Å². The van der Waals surface area contributed by atoms with E-state index < -0.39 is 0 Å². The fraction of sp³-hybridized carbons (Fsp3) is 0.722. The van der Waals surface area contributed by atoms with Gasteiger partial charge in [0.25, 0.3) is 0 Å². The van der Waals surface area contributed by atoms with Gasteiger partial charge >= 0.3 is 0 Å². The Morgan fingerprint density at radius 1 is 1.45 bits per heavy atom. The number of rotatable bonds is 7. The van der Waals surface area contributed by atoms with E-state index in [-0.39, 0.29) is 5.60 Å². The maximum atomic E-state index is 5.82. The topological polar surface area (TPSA) is 28.6 Å². The molecule has 0 radical (unpaired) electrons. The van der Waals surface area contributed by atoms with E-state index in [1.165, 1.54) is 12.0 Å². The van der Waals surface area contributed by atoms with Crippen molar-refractivity contribution in [2.24, 2.45) is 0 Å². The van der Waals surface area contributed by atoms with Crippen LogP contribution in [-0.4, -0.2) is 59.2 Å². The van der Waals surface area contributed by atoms with Crippen LogP contribution in [-0.2, 0) is 11.3 Å². The standard InChI is InChI=1S/C18H31N3O/c1-5-9-21(14-17-7-6-8-19-12-17)16(2)13-20-10-11-22-18(3,4)15-20/h6-8,12,16H,5,9-11,13-15H2,1-4H3. The summed E-state index contributed by atoms with van der Waals surface area (Å²) in [6.45, 7) is 15.1. The van der Waals surface area contributed by atoms with Gasteiger partial charge in [0.1, 0.15) is 0 Å². The Kier molecular flexibility index (Phi) is 6.36. The largest absolute Gasteiger partial charge is 0.373 e. The number of nitrogens with zero attached hydrogens (tertiary/aromatic N) is 3. The van der Waals surface area contributed by atoms with E-state index in [1.807, 2.05) is 18.5 Å². The molecule has 1 unspecified atom stereocenters. The zero-order chi connectivity index (χ0) is 16.0. The highest BCUT2D eigenvalue weighted by molar-refractivity contribution is 5.08. The normalized spacial score (nSPS) is 20.2. The lowest BCUT2D eigenvalue weighted by atomic mass is 10.1. The molecule has 0 spiro atoms. The van der Waals surface area contributed by atoms with E-state index in [0.717, 1.165) is 39.3 Å². The molecule has 0 bridgehead atoms. The van der Waals surface area contributed by atoms with E-state index >= 15 is 0 Å². The Labute approximate surface area is 135 Å². The first-order valence-electron chi connectivity index (χ1n) is 8.49. The molecule has 22 heavy (non-hydrogen) atoms. The van der Waals surface area contributed by atoms with Crippen LogP contribution < -0.4 is 0 Å². The summed E-state index contributed by atoms with van der Waals surface area (Å²) in [5.41, 5.74) is 1.28. The van der Waals surface area contributed by atoms with Crippen molar-refractivity contribution < 1.29 is 4.74 Å². The number of pyridine rings is 1. The first-order valence-corrected chi connectivity index (χ1v) is 8.49. The average molecular weight is 305 g/mol. The van der Waals surface area contributed by atoms with Gasteiger partial charge in [0.05, 0.1) is 12.2 Å². The highest BCUT2D eigenvalue weighted by Gasteiger charge is 2.28. The number of ether oxygens (including phenoxy) is 1. The fourth-order valence-electron chi connectivity index (χ4n) is 3.23. The Balaban J connectivity index is 1.92. The first kappa shape index (κ1) is 17.4. The Bertz CT molecular complexity index is 435. The molecule has 0 amide bonds. The molecule has 0 aliphatic carbocycles. The SMILES string of the molecule is CCCN(Cc1cccnc1)C(C)CN1CCOC(C)(C)C1. The molecule has 2 rings (SSSR count). The van der Waals surface area contributed by atoms with Gasteiger partial charge in [-0.3, -0.25) is 14.8 Å². The summed E-state index contributed by atoms with van der Waals surface area (Å²) >= 11 is 0. The van der Waals surface area contributed by atoms with Gasteiger partial charge in [0.15, 0.2) is 0 Å². The van der Waals surface area contributed by atoms with Crippen molar-refractivity contribution >= 4 is 0 Å². The van der Waals surface area contributed by atoms with Crippen molar-refractivity contribution in [3.63, 3.8) is 0 Å². The molecule has 2 heterocycles. The van der Waals surface area contributed by atoms with Crippen LogP contribution in [0.25, 0.3) is 0 Å². The molecule has 4 nitrogen and oxygen atoms in total. The molecule has 4 heteroatoms. The summed E-state index contributed by atoms with van der Waals surface area (Å²) < 4.78 is 5.82. The number of hydrogen-bond acceptors (Lipinski definition) is 4. The van der Waals surface area contributed by atoms with Gasteiger partial charge in [0, 0.05) is 44.6 Å². The minimum Gasteiger partial charge on any atom is -0.373 e. The molecule has 0 N–H and O–H groups in total. The van der Waals surface area contributed by atoms with E-state index in [4.69, 9.17) is 4.74 Å². The highest BCUT2D eigenvalue weighted by Crippen LogP contribution is 2.18. The van der Waals surface area contributed by atoms with Crippen molar-refractivity contribution in [3.05, 3.63) is 30.1 Å². The molecule has 1 fully saturated rings. The van der Waals surface area contributed by atoms with E-state index in [1.54, 1.807) is 0 Å². The van der Waals surface area contributed by atoms with Gasteiger partial charge in [-0.1, -0.05) is 13.0 Å². The monoisotopic (exact) mass is 305 g/mol. The minimum atomic E-state index is -0.0170. The predicted molar refractivity (Wildman–Crippen MR) is 90.9 cm³/mol. The average Bonchev–Trinajstić information content (AvgIpc) is 2.47. The quantitative estimate of drug-likeness (QED) is 0.774. The molecule has 1 aliphatic rings. The molecule has 1 saturated heterocycles. The molecule has 1 aromatic heterocycles. The Morgan fingerprint density at radius 3 is 2.91 bits per heavy atom. The van der Waals surface area contributed by atoms with Crippen LogP contribution in [0.2, 0.25) is 0 Å². The lowest BCUT2D eigenvalue weighted by molar-refractivity contribution is -0.0902. The molecule has 0 aromatic carbocycles. The molecule has 124 valence electrons. The van der Waals surface area contributed by atoms with Crippen molar-refractivity contribution in [1.82, 2.24) is 14.8 Å². The summed E-state index contributed by atoms with van der Waals surface area (Å²) in [5, 5.41) is 0. The smallest absolute Gasteiger partial charge is 0.0753 e. The second kappa shape index (κ2) is 8.04. The summed E-state index contributed by atoms with van der Waals surface area (Å²) in [4.78, 5) is 9.35. The van der Waals surface area contributed by atoms with E-state index in [2.05, 4.69) is 48.5 Å². The Morgan fingerprint density at radius 2 is 2.27 bits per heavy atom. The van der Waals surface area contributed by atoms with Gasteiger partial charge < -0.3 is 4.74 Å². The van der Waals surface area contributed by atoms with Crippen LogP contribution >= 0.6 is 0 Å². The minimum absolute atomic E-state index is 0.0170. The molecular formula is C18H31N3O. The summed E-state index contributed by atoms with van der Waals surface area (Å²) in [6.07, 6.45) is 5.00. The molecular weight excluding hydrogens is 274 g/mol. The van der Waals surface area contributed by atoms with Crippen LogP contribution in [0.5, 0.6) is 0 Å². The summed E-state index contributed by atoms with van der Waals surface area (Å²) in [5.74, 6) is 0. The second-order valence-electron chi connectivity index (χ2n) is 7.02. The van der Waals surface area contributed by atoms with E-state index in [0.29, 0.717) is 6.04 Å². The predicted octanol–water partition coefficient (Wildman–Crippen LogP) is 2.79. The fourth-order valence-corrected chi connectivity index (χ4v) is 3.23. The number of hydrogen-bond donors (Lipinski definition) is 0. The van der Waals surface area contributed by atoms with Crippen molar-refractivity contribution in [3.8, 4) is 0 Å². The van der Waals surface area contributed by atoms with Crippen molar-refractivity contribution in [2.45, 2.75) is 52.3 Å². The lowest BCUT2D eigenvalue weighted by Crippen LogP contribution is -2.52. The van der Waals surface area contributed by atoms with Gasteiger partial charge in [-0.05, 0) is 45.4 Å². The third-order valence-electron chi connectivity index (χ3n) is 4.27. The van der Waals surface area contributed by atoms with Crippen molar-refractivity contribution in [1.29, 1.82) is 0 Å². The van der Waals surface area contributed by atoms with Crippen LogP contribution in [0.3, 0.4) is 0 Å². The zero-order valence-corrected chi connectivity index (χ0v) is 14.6. The molecule has 0 saturated carbocycles. The summed E-state index contributed by atoms with van der Waals surface area (Å²) in [7, 11) is 0. The second-order valence-corrected chi connectivity index (χ2v) is 7.02. The molecule has 1 aromatic rings. The van der Waals surface area contributed by atoms with Crippen LogP contribution in [0.15, 0.2) is 24.5 Å². The number of morpholine rings is 1. The number of aromatic nitrogens is 1.